The van der Waals surface area contributed by atoms with Gasteiger partial charge in [-0.1, -0.05) is 24.9 Å². The van der Waals surface area contributed by atoms with Crippen molar-refractivity contribution in [1.29, 1.82) is 0 Å². The standard InChI is InChI=1S/C14H24N4O.ClH/c1-2-9-18-10-5-6-11(18)12-16-13(17-19-12)14(15)7-3-4-8-14;/h11H,2-10,15H2,1H3;1H. The van der Waals surface area contributed by atoms with Crippen LogP contribution in [0.4, 0.5) is 0 Å². The average Bonchev–Trinajstić information content (AvgIpc) is 3.08. The van der Waals surface area contributed by atoms with E-state index in [0.29, 0.717) is 6.04 Å². The van der Waals surface area contributed by atoms with Gasteiger partial charge in [-0.3, -0.25) is 4.90 Å². The molecule has 0 bridgehead atoms. The van der Waals surface area contributed by atoms with Crippen molar-refractivity contribution in [3.05, 3.63) is 11.7 Å². The van der Waals surface area contributed by atoms with Crippen molar-refractivity contribution in [3.8, 4) is 0 Å². The molecule has 1 saturated carbocycles. The molecule has 1 saturated heterocycles. The Morgan fingerprint density at radius 1 is 1.35 bits per heavy atom. The summed E-state index contributed by atoms with van der Waals surface area (Å²) >= 11 is 0. The molecule has 2 N–H and O–H groups in total. The highest BCUT2D eigenvalue weighted by Gasteiger charge is 2.38. The molecule has 1 aliphatic heterocycles. The van der Waals surface area contributed by atoms with Crippen LogP contribution in [0.1, 0.15) is 69.6 Å². The summed E-state index contributed by atoms with van der Waals surface area (Å²) in [6.07, 6.45) is 7.82. The van der Waals surface area contributed by atoms with Crippen molar-refractivity contribution < 1.29 is 4.52 Å². The van der Waals surface area contributed by atoms with E-state index in [2.05, 4.69) is 22.0 Å². The fourth-order valence-electron chi connectivity index (χ4n) is 3.46. The SMILES string of the molecule is CCCN1CCCC1c1nc(C2(N)CCCC2)no1.Cl. The highest BCUT2D eigenvalue weighted by molar-refractivity contribution is 5.85. The minimum Gasteiger partial charge on any atom is -0.338 e. The first-order valence-corrected chi connectivity index (χ1v) is 7.60. The van der Waals surface area contributed by atoms with Gasteiger partial charge in [-0.25, -0.2) is 0 Å². The minimum absolute atomic E-state index is 0. The molecule has 0 amide bonds. The lowest BCUT2D eigenvalue weighted by Gasteiger charge is -2.20. The van der Waals surface area contributed by atoms with Gasteiger partial charge in [-0.05, 0) is 45.2 Å². The number of likely N-dealkylation sites (tertiary alicyclic amines) is 1. The highest BCUT2D eigenvalue weighted by Crippen LogP contribution is 2.36. The van der Waals surface area contributed by atoms with Gasteiger partial charge in [0.15, 0.2) is 5.82 Å². The molecular formula is C14H25ClN4O. The molecule has 0 spiro atoms. The number of hydrogen-bond donors (Lipinski definition) is 1. The number of nitrogens with two attached hydrogens (primary N) is 1. The van der Waals surface area contributed by atoms with Crippen LogP contribution in [0.15, 0.2) is 4.52 Å². The third-order valence-corrected chi connectivity index (χ3v) is 4.54. The lowest BCUT2D eigenvalue weighted by atomic mass is 9.98. The molecule has 2 fully saturated rings. The molecule has 1 aromatic heterocycles. The van der Waals surface area contributed by atoms with E-state index < -0.39 is 0 Å². The molecule has 114 valence electrons. The van der Waals surface area contributed by atoms with E-state index in [1.54, 1.807) is 0 Å². The van der Waals surface area contributed by atoms with Crippen molar-refractivity contribution in [2.24, 2.45) is 5.73 Å². The van der Waals surface area contributed by atoms with Crippen LogP contribution >= 0.6 is 12.4 Å². The molecule has 1 aromatic rings. The topological polar surface area (TPSA) is 68.2 Å². The first kappa shape index (κ1) is 15.7. The monoisotopic (exact) mass is 300 g/mol. The molecule has 0 radical (unpaired) electrons. The number of halogens is 1. The minimum atomic E-state index is -0.337. The molecule has 0 aromatic carbocycles. The molecule has 20 heavy (non-hydrogen) atoms. The Balaban J connectivity index is 0.00000147. The van der Waals surface area contributed by atoms with Gasteiger partial charge in [0.2, 0.25) is 5.89 Å². The Kier molecular flexibility index (Phi) is 5.04. The summed E-state index contributed by atoms with van der Waals surface area (Å²) in [4.78, 5) is 7.09. The van der Waals surface area contributed by atoms with Crippen molar-refractivity contribution in [2.45, 2.75) is 63.5 Å². The van der Waals surface area contributed by atoms with Gasteiger partial charge in [0.1, 0.15) is 0 Å². The number of hydrogen-bond acceptors (Lipinski definition) is 5. The zero-order valence-electron chi connectivity index (χ0n) is 12.2. The quantitative estimate of drug-likeness (QED) is 0.926. The lowest BCUT2D eigenvalue weighted by molar-refractivity contribution is 0.208. The summed E-state index contributed by atoms with van der Waals surface area (Å²) in [5.41, 5.74) is 6.05. The van der Waals surface area contributed by atoms with Crippen LogP contribution in [-0.4, -0.2) is 28.1 Å². The third kappa shape index (κ3) is 2.85. The molecule has 1 atom stereocenters. The maximum Gasteiger partial charge on any atom is 0.244 e. The van der Waals surface area contributed by atoms with Crippen LogP contribution in [0.25, 0.3) is 0 Å². The van der Waals surface area contributed by atoms with E-state index in [9.17, 15) is 0 Å². The van der Waals surface area contributed by atoms with Crippen LogP contribution in [0.5, 0.6) is 0 Å². The van der Waals surface area contributed by atoms with Gasteiger partial charge in [0, 0.05) is 0 Å². The maximum atomic E-state index is 6.39. The Morgan fingerprint density at radius 3 is 2.80 bits per heavy atom. The van der Waals surface area contributed by atoms with Crippen molar-refractivity contribution in [2.75, 3.05) is 13.1 Å². The second kappa shape index (κ2) is 6.41. The summed E-state index contributed by atoms with van der Waals surface area (Å²) in [6, 6.07) is 0.311. The average molecular weight is 301 g/mol. The molecule has 1 unspecified atom stereocenters. The third-order valence-electron chi connectivity index (χ3n) is 4.54. The summed E-state index contributed by atoms with van der Waals surface area (Å²) in [5, 5.41) is 4.17. The molecule has 2 aliphatic rings. The molecule has 2 heterocycles. The summed E-state index contributed by atoms with van der Waals surface area (Å²) < 4.78 is 5.52. The Labute approximate surface area is 126 Å². The highest BCUT2D eigenvalue weighted by atomic mass is 35.5. The van der Waals surface area contributed by atoms with Gasteiger partial charge in [0.25, 0.3) is 0 Å². The van der Waals surface area contributed by atoms with Gasteiger partial charge in [-0.2, -0.15) is 4.98 Å². The second-order valence-corrected chi connectivity index (χ2v) is 6.01. The number of aromatic nitrogens is 2. The van der Waals surface area contributed by atoms with Gasteiger partial charge in [-0.15, -0.1) is 12.4 Å². The van der Waals surface area contributed by atoms with Gasteiger partial charge in [0.05, 0.1) is 11.6 Å². The molecule has 3 rings (SSSR count). The van der Waals surface area contributed by atoms with Crippen molar-refractivity contribution >= 4 is 12.4 Å². The molecule has 6 heteroatoms. The van der Waals surface area contributed by atoms with Crippen LogP contribution in [0, 0.1) is 0 Å². The first-order valence-electron chi connectivity index (χ1n) is 7.60. The van der Waals surface area contributed by atoms with Crippen LogP contribution < -0.4 is 5.73 Å². The van der Waals surface area contributed by atoms with Crippen molar-refractivity contribution in [1.82, 2.24) is 15.0 Å². The van der Waals surface area contributed by atoms with E-state index in [4.69, 9.17) is 10.3 Å². The summed E-state index contributed by atoms with van der Waals surface area (Å²) in [6.45, 7) is 4.46. The summed E-state index contributed by atoms with van der Waals surface area (Å²) in [5.74, 6) is 1.50. The van der Waals surface area contributed by atoms with Crippen molar-refractivity contribution in [3.63, 3.8) is 0 Å². The van der Waals surface area contributed by atoms with E-state index >= 15 is 0 Å². The fourth-order valence-corrected chi connectivity index (χ4v) is 3.46. The zero-order chi connectivity index (χ0) is 13.3. The summed E-state index contributed by atoms with van der Waals surface area (Å²) in [7, 11) is 0. The first-order chi connectivity index (χ1) is 9.23. The zero-order valence-corrected chi connectivity index (χ0v) is 13.0. The normalized spacial score (nSPS) is 25.8. The van der Waals surface area contributed by atoms with Crippen LogP contribution in [0.2, 0.25) is 0 Å². The lowest BCUT2D eigenvalue weighted by Crippen LogP contribution is -2.34. The Bertz CT molecular complexity index is 431. The van der Waals surface area contributed by atoms with E-state index in [0.717, 1.165) is 44.1 Å². The Morgan fingerprint density at radius 2 is 2.10 bits per heavy atom. The van der Waals surface area contributed by atoms with E-state index in [-0.39, 0.29) is 17.9 Å². The molecule has 1 aliphatic carbocycles. The van der Waals surface area contributed by atoms with Crippen LogP contribution in [-0.2, 0) is 5.54 Å². The van der Waals surface area contributed by atoms with E-state index in [1.165, 1.54) is 25.7 Å². The number of rotatable bonds is 4. The predicted molar refractivity (Wildman–Crippen MR) is 79.7 cm³/mol. The van der Waals surface area contributed by atoms with Gasteiger partial charge < -0.3 is 10.3 Å². The molecule has 5 nitrogen and oxygen atoms in total. The van der Waals surface area contributed by atoms with E-state index in [1.807, 2.05) is 0 Å². The predicted octanol–water partition coefficient (Wildman–Crippen LogP) is 2.77. The molecular weight excluding hydrogens is 276 g/mol. The van der Waals surface area contributed by atoms with Crippen LogP contribution in [0.3, 0.4) is 0 Å². The van der Waals surface area contributed by atoms with Gasteiger partial charge >= 0.3 is 0 Å². The Hall–Kier alpha value is -0.650. The maximum absolute atomic E-state index is 6.39. The fraction of sp³-hybridized carbons (Fsp3) is 0.857. The number of nitrogens with zero attached hydrogens (tertiary/aromatic N) is 3. The smallest absolute Gasteiger partial charge is 0.244 e. The largest absolute Gasteiger partial charge is 0.338 e. The second-order valence-electron chi connectivity index (χ2n) is 6.01.